The number of aromatic nitrogens is 3. The minimum absolute atomic E-state index is 0.0602. The predicted octanol–water partition coefficient (Wildman–Crippen LogP) is 1.52. The number of fused-ring (bicyclic) bond motifs is 1. The molecule has 0 spiro atoms. The van der Waals surface area contributed by atoms with Crippen molar-refractivity contribution in [1.29, 1.82) is 0 Å². The number of rotatable bonds is 6. The first-order valence-corrected chi connectivity index (χ1v) is 9.47. The van der Waals surface area contributed by atoms with Gasteiger partial charge >= 0.3 is 0 Å². The lowest BCUT2D eigenvalue weighted by Gasteiger charge is -2.32. The molecule has 0 saturated heterocycles. The topological polar surface area (TPSA) is 120 Å². The average Bonchev–Trinajstić information content (AvgIpc) is 3.17. The summed E-state index contributed by atoms with van der Waals surface area (Å²) in [5, 5.41) is 16.3. The zero-order valence-electron chi connectivity index (χ0n) is 15.8. The number of carbonyl (C=O) groups is 2. The molecule has 0 aromatic carbocycles. The summed E-state index contributed by atoms with van der Waals surface area (Å²) in [4.78, 5) is 36.2. The Morgan fingerprint density at radius 3 is 2.52 bits per heavy atom. The molecule has 1 saturated carbocycles. The van der Waals surface area contributed by atoms with Crippen LogP contribution in [0.4, 0.5) is 0 Å². The van der Waals surface area contributed by atoms with Crippen LogP contribution in [-0.2, 0) is 4.79 Å². The first-order chi connectivity index (χ1) is 13.0. The summed E-state index contributed by atoms with van der Waals surface area (Å²) in [6, 6.07) is 1.94. The molecule has 1 unspecified atom stereocenters. The van der Waals surface area contributed by atoms with Crippen LogP contribution in [0.1, 0.15) is 56.4 Å². The quantitative estimate of drug-likeness (QED) is 0.612. The van der Waals surface area contributed by atoms with Crippen LogP contribution in [0.25, 0.3) is 11.0 Å². The molecular weight excluding hydrogens is 346 g/mol. The van der Waals surface area contributed by atoms with Crippen molar-refractivity contribution in [3.63, 3.8) is 0 Å². The van der Waals surface area contributed by atoms with Crippen molar-refractivity contribution in [3.8, 4) is 0 Å². The van der Waals surface area contributed by atoms with Gasteiger partial charge in [0.25, 0.3) is 5.91 Å². The number of aromatic amines is 1. The van der Waals surface area contributed by atoms with Gasteiger partial charge in [0.2, 0.25) is 5.91 Å². The smallest absolute Gasteiger partial charge is 0.270 e. The number of hydrogen-bond acceptors (Lipinski definition) is 5. The summed E-state index contributed by atoms with van der Waals surface area (Å²) in [6.07, 6.45) is 6.89. The predicted molar refractivity (Wildman–Crippen MR) is 101 cm³/mol. The Morgan fingerprint density at radius 1 is 1.22 bits per heavy atom. The van der Waals surface area contributed by atoms with Crippen LogP contribution in [0.15, 0.2) is 18.6 Å². The maximum atomic E-state index is 12.6. The molecule has 8 heteroatoms. The van der Waals surface area contributed by atoms with Crippen LogP contribution in [-0.4, -0.2) is 50.6 Å². The van der Waals surface area contributed by atoms with Gasteiger partial charge in [0, 0.05) is 18.3 Å². The minimum Gasteiger partial charge on any atom is -0.395 e. The lowest BCUT2D eigenvalue weighted by Crippen LogP contribution is -2.48. The van der Waals surface area contributed by atoms with Gasteiger partial charge in [-0.15, -0.1) is 0 Å². The second-order valence-electron chi connectivity index (χ2n) is 7.53. The fraction of sp³-hybridized carbons (Fsp3) is 0.579. The standard InChI is InChI=1S/C19H27N5O3/c1-3-19(2,10-25)18(27)24-13-6-4-12(5-7-13)23-17(26)15-14-8-9-20-16(14)22-11-21-15/h8-9,11-13,25H,3-7,10H2,1-2H3,(H,23,26)(H,24,27)(H,20,21,22). The average molecular weight is 373 g/mol. The fourth-order valence-electron chi connectivity index (χ4n) is 3.39. The Labute approximate surface area is 158 Å². The molecule has 1 atom stereocenters. The highest BCUT2D eigenvalue weighted by molar-refractivity contribution is 6.03. The molecule has 146 valence electrons. The van der Waals surface area contributed by atoms with Gasteiger partial charge in [-0.3, -0.25) is 9.59 Å². The number of H-pyrrole nitrogens is 1. The van der Waals surface area contributed by atoms with Gasteiger partial charge in [-0.05, 0) is 45.1 Å². The van der Waals surface area contributed by atoms with Gasteiger partial charge in [-0.25, -0.2) is 9.97 Å². The zero-order chi connectivity index (χ0) is 19.4. The van der Waals surface area contributed by atoms with E-state index in [1.807, 2.05) is 6.92 Å². The first kappa shape index (κ1) is 19.3. The first-order valence-electron chi connectivity index (χ1n) is 9.47. The molecular formula is C19H27N5O3. The molecule has 27 heavy (non-hydrogen) atoms. The monoisotopic (exact) mass is 373 g/mol. The Balaban J connectivity index is 1.53. The number of aliphatic hydroxyl groups is 1. The summed E-state index contributed by atoms with van der Waals surface area (Å²) < 4.78 is 0. The van der Waals surface area contributed by atoms with Crippen LogP contribution in [0.2, 0.25) is 0 Å². The van der Waals surface area contributed by atoms with Crippen molar-refractivity contribution < 1.29 is 14.7 Å². The van der Waals surface area contributed by atoms with Gasteiger partial charge < -0.3 is 20.7 Å². The summed E-state index contributed by atoms with van der Waals surface area (Å²) >= 11 is 0. The van der Waals surface area contributed by atoms with E-state index < -0.39 is 5.41 Å². The normalized spacial score (nSPS) is 22.2. The lowest BCUT2D eigenvalue weighted by atomic mass is 9.85. The zero-order valence-corrected chi connectivity index (χ0v) is 15.8. The molecule has 8 nitrogen and oxygen atoms in total. The van der Waals surface area contributed by atoms with Crippen LogP contribution < -0.4 is 10.6 Å². The largest absolute Gasteiger partial charge is 0.395 e. The summed E-state index contributed by atoms with van der Waals surface area (Å²) in [5.74, 6) is -0.302. The maximum Gasteiger partial charge on any atom is 0.270 e. The molecule has 0 bridgehead atoms. The van der Waals surface area contributed by atoms with Crippen molar-refractivity contribution in [3.05, 3.63) is 24.3 Å². The van der Waals surface area contributed by atoms with Crippen molar-refractivity contribution in [1.82, 2.24) is 25.6 Å². The molecule has 3 rings (SSSR count). The Hall–Kier alpha value is -2.48. The van der Waals surface area contributed by atoms with Crippen molar-refractivity contribution >= 4 is 22.8 Å². The van der Waals surface area contributed by atoms with Gasteiger partial charge in [-0.1, -0.05) is 6.92 Å². The number of amides is 2. The Kier molecular flexibility index (Phi) is 5.74. The summed E-state index contributed by atoms with van der Waals surface area (Å²) in [7, 11) is 0. The van der Waals surface area contributed by atoms with E-state index in [0.29, 0.717) is 23.1 Å². The van der Waals surface area contributed by atoms with E-state index in [2.05, 4.69) is 25.6 Å². The Bertz CT molecular complexity index is 807. The van der Waals surface area contributed by atoms with Gasteiger partial charge in [0.15, 0.2) is 0 Å². The molecule has 2 aromatic heterocycles. The summed E-state index contributed by atoms with van der Waals surface area (Å²) in [6.45, 7) is 3.52. The molecule has 2 amide bonds. The molecule has 2 aromatic rings. The molecule has 1 fully saturated rings. The van der Waals surface area contributed by atoms with E-state index in [1.54, 1.807) is 19.2 Å². The second kappa shape index (κ2) is 8.04. The molecule has 1 aliphatic rings. The summed E-state index contributed by atoms with van der Waals surface area (Å²) in [5.41, 5.74) is 0.280. The van der Waals surface area contributed by atoms with Gasteiger partial charge in [0.05, 0.1) is 17.4 Å². The maximum absolute atomic E-state index is 12.6. The van der Waals surface area contributed by atoms with Gasteiger partial charge in [0.1, 0.15) is 17.7 Å². The third-order valence-corrected chi connectivity index (χ3v) is 5.64. The van der Waals surface area contributed by atoms with Crippen LogP contribution >= 0.6 is 0 Å². The van der Waals surface area contributed by atoms with Gasteiger partial charge in [-0.2, -0.15) is 0 Å². The SMILES string of the molecule is CCC(C)(CO)C(=O)NC1CCC(NC(=O)c2ncnc3[nH]ccc23)CC1. The van der Waals surface area contributed by atoms with E-state index >= 15 is 0 Å². The molecule has 0 aliphatic heterocycles. The van der Waals surface area contributed by atoms with Crippen molar-refractivity contribution in [2.75, 3.05) is 6.61 Å². The number of hydrogen-bond donors (Lipinski definition) is 4. The van der Waals surface area contributed by atoms with Crippen molar-refractivity contribution in [2.45, 2.75) is 58.0 Å². The van der Waals surface area contributed by atoms with E-state index in [4.69, 9.17) is 0 Å². The number of carbonyl (C=O) groups excluding carboxylic acids is 2. The molecule has 4 N–H and O–H groups in total. The third kappa shape index (κ3) is 4.10. The van der Waals surface area contributed by atoms with E-state index in [-0.39, 0.29) is 30.5 Å². The fourth-order valence-corrected chi connectivity index (χ4v) is 3.39. The van der Waals surface area contributed by atoms with E-state index in [9.17, 15) is 14.7 Å². The van der Waals surface area contributed by atoms with Crippen LogP contribution in [0.3, 0.4) is 0 Å². The van der Waals surface area contributed by atoms with Crippen LogP contribution in [0, 0.1) is 5.41 Å². The highest BCUT2D eigenvalue weighted by Gasteiger charge is 2.33. The highest BCUT2D eigenvalue weighted by atomic mass is 16.3. The van der Waals surface area contributed by atoms with E-state index in [1.165, 1.54) is 6.33 Å². The number of nitrogens with zero attached hydrogens (tertiary/aromatic N) is 2. The second-order valence-corrected chi connectivity index (χ2v) is 7.53. The van der Waals surface area contributed by atoms with Crippen molar-refractivity contribution in [2.24, 2.45) is 5.41 Å². The Morgan fingerprint density at radius 2 is 1.89 bits per heavy atom. The highest BCUT2D eigenvalue weighted by Crippen LogP contribution is 2.24. The third-order valence-electron chi connectivity index (χ3n) is 5.64. The minimum atomic E-state index is -0.736. The number of aliphatic hydroxyl groups excluding tert-OH is 1. The lowest BCUT2D eigenvalue weighted by molar-refractivity contribution is -0.133. The molecule has 2 heterocycles. The molecule has 0 radical (unpaired) electrons. The molecule has 1 aliphatic carbocycles. The number of nitrogens with one attached hydrogen (secondary N) is 3. The van der Waals surface area contributed by atoms with Crippen LogP contribution in [0.5, 0.6) is 0 Å². The van der Waals surface area contributed by atoms with E-state index in [0.717, 1.165) is 25.7 Å².